The topological polar surface area (TPSA) is 20.2 Å². The molecular formula is C14H18O. The second-order valence-corrected chi connectivity index (χ2v) is 4.27. The summed E-state index contributed by atoms with van der Waals surface area (Å²) in [5.41, 5.74) is 2.82. The van der Waals surface area contributed by atoms with Crippen LogP contribution in [0, 0.1) is 0 Å². The van der Waals surface area contributed by atoms with Gasteiger partial charge in [0.15, 0.2) is 0 Å². The summed E-state index contributed by atoms with van der Waals surface area (Å²) in [6.07, 6.45) is 7.30. The Labute approximate surface area is 91.4 Å². The first kappa shape index (κ1) is 10.4. The van der Waals surface area contributed by atoms with Gasteiger partial charge in [0.2, 0.25) is 0 Å². The number of hydrogen-bond donors (Lipinski definition) is 1. The first-order valence-corrected chi connectivity index (χ1v) is 5.76. The lowest BCUT2D eigenvalue weighted by Gasteiger charge is -2.16. The van der Waals surface area contributed by atoms with Gasteiger partial charge in [-0.1, -0.05) is 42.0 Å². The molecule has 0 aliphatic heterocycles. The van der Waals surface area contributed by atoms with Crippen LogP contribution in [0.4, 0.5) is 0 Å². The van der Waals surface area contributed by atoms with Crippen LogP contribution < -0.4 is 0 Å². The minimum absolute atomic E-state index is 0.190. The first-order valence-electron chi connectivity index (χ1n) is 5.76. The molecule has 80 valence electrons. The molecule has 1 N–H and O–H groups in total. The Morgan fingerprint density at radius 2 is 1.93 bits per heavy atom. The standard InChI is InChI=1S/C14H18O/c15-14-8-4-7-13(11-14)10-9-12-5-2-1-3-6-12/h1-3,5-6,11,14-15H,4,7-10H2. The molecule has 0 saturated carbocycles. The van der Waals surface area contributed by atoms with Gasteiger partial charge >= 0.3 is 0 Å². The third-order valence-corrected chi connectivity index (χ3v) is 3.00. The van der Waals surface area contributed by atoms with Crippen LogP contribution in [0.5, 0.6) is 0 Å². The second kappa shape index (κ2) is 5.13. The fraction of sp³-hybridized carbons (Fsp3) is 0.429. The van der Waals surface area contributed by atoms with Gasteiger partial charge in [-0.3, -0.25) is 0 Å². The van der Waals surface area contributed by atoms with Gasteiger partial charge in [-0.05, 0) is 37.7 Å². The average Bonchev–Trinajstić information content (AvgIpc) is 2.28. The second-order valence-electron chi connectivity index (χ2n) is 4.27. The van der Waals surface area contributed by atoms with E-state index in [1.54, 1.807) is 0 Å². The maximum Gasteiger partial charge on any atom is 0.0723 e. The van der Waals surface area contributed by atoms with E-state index in [1.807, 2.05) is 12.1 Å². The highest BCUT2D eigenvalue weighted by molar-refractivity contribution is 5.17. The zero-order valence-corrected chi connectivity index (χ0v) is 9.02. The van der Waals surface area contributed by atoms with E-state index in [-0.39, 0.29) is 6.10 Å². The van der Waals surface area contributed by atoms with E-state index in [9.17, 15) is 5.11 Å². The molecule has 1 aromatic carbocycles. The van der Waals surface area contributed by atoms with Gasteiger partial charge in [0.05, 0.1) is 6.10 Å². The van der Waals surface area contributed by atoms with Crippen LogP contribution in [-0.2, 0) is 6.42 Å². The number of rotatable bonds is 3. The predicted molar refractivity (Wildman–Crippen MR) is 62.7 cm³/mol. The Bertz CT molecular complexity index is 326. The fourth-order valence-electron chi connectivity index (χ4n) is 2.13. The minimum Gasteiger partial charge on any atom is -0.389 e. The van der Waals surface area contributed by atoms with E-state index in [0.717, 1.165) is 25.7 Å². The molecule has 0 spiro atoms. The molecular weight excluding hydrogens is 184 g/mol. The van der Waals surface area contributed by atoms with Crippen molar-refractivity contribution in [1.29, 1.82) is 0 Å². The molecule has 0 radical (unpaired) electrons. The van der Waals surface area contributed by atoms with E-state index >= 15 is 0 Å². The third kappa shape index (κ3) is 3.21. The number of aliphatic hydroxyl groups excluding tert-OH is 1. The number of aryl methyl sites for hydroxylation is 1. The minimum atomic E-state index is -0.190. The number of aliphatic hydroxyl groups is 1. The van der Waals surface area contributed by atoms with Gasteiger partial charge in [-0.25, -0.2) is 0 Å². The van der Waals surface area contributed by atoms with Crippen LogP contribution in [0.15, 0.2) is 42.0 Å². The molecule has 1 aliphatic rings. The van der Waals surface area contributed by atoms with Crippen LogP contribution in [0.1, 0.15) is 31.2 Å². The van der Waals surface area contributed by atoms with E-state index in [2.05, 4.69) is 24.3 Å². The summed E-state index contributed by atoms with van der Waals surface area (Å²) in [5.74, 6) is 0. The molecule has 0 bridgehead atoms. The van der Waals surface area contributed by atoms with Gasteiger partial charge in [0.1, 0.15) is 0 Å². The van der Waals surface area contributed by atoms with Crippen LogP contribution in [0.25, 0.3) is 0 Å². The zero-order chi connectivity index (χ0) is 10.5. The van der Waals surface area contributed by atoms with Crippen molar-refractivity contribution in [3.05, 3.63) is 47.5 Å². The molecule has 1 aliphatic carbocycles. The van der Waals surface area contributed by atoms with E-state index < -0.39 is 0 Å². The van der Waals surface area contributed by atoms with Gasteiger partial charge in [-0.2, -0.15) is 0 Å². The van der Waals surface area contributed by atoms with E-state index in [0.29, 0.717) is 0 Å². The molecule has 1 atom stereocenters. The van der Waals surface area contributed by atoms with Crippen molar-refractivity contribution in [1.82, 2.24) is 0 Å². The van der Waals surface area contributed by atoms with Crippen molar-refractivity contribution in [2.45, 2.75) is 38.2 Å². The lowest BCUT2D eigenvalue weighted by atomic mass is 9.93. The molecule has 2 rings (SSSR count). The van der Waals surface area contributed by atoms with Gasteiger partial charge in [0.25, 0.3) is 0 Å². The van der Waals surface area contributed by atoms with Gasteiger partial charge in [-0.15, -0.1) is 0 Å². The molecule has 0 fully saturated rings. The summed E-state index contributed by atoms with van der Waals surface area (Å²) in [4.78, 5) is 0. The SMILES string of the molecule is OC1C=C(CCc2ccccc2)CCC1. The number of allylic oxidation sites excluding steroid dienone is 1. The highest BCUT2D eigenvalue weighted by atomic mass is 16.3. The molecule has 0 amide bonds. The highest BCUT2D eigenvalue weighted by Gasteiger charge is 2.10. The quantitative estimate of drug-likeness (QED) is 0.747. The maximum absolute atomic E-state index is 9.50. The summed E-state index contributed by atoms with van der Waals surface area (Å²) < 4.78 is 0. The van der Waals surface area contributed by atoms with E-state index in [1.165, 1.54) is 17.6 Å². The Hall–Kier alpha value is -1.08. The predicted octanol–water partition coefficient (Wildman–Crippen LogP) is 3.09. The van der Waals surface area contributed by atoms with Gasteiger partial charge in [0, 0.05) is 0 Å². The average molecular weight is 202 g/mol. The third-order valence-electron chi connectivity index (χ3n) is 3.00. The molecule has 0 heterocycles. The van der Waals surface area contributed by atoms with Crippen molar-refractivity contribution < 1.29 is 5.11 Å². The largest absolute Gasteiger partial charge is 0.389 e. The Morgan fingerprint density at radius 3 is 2.67 bits per heavy atom. The molecule has 0 saturated heterocycles. The van der Waals surface area contributed by atoms with E-state index in [4.69, 9.17) is 0 Å². The van der Waals surface area contributed by atoms with Crippen LogP contribution in [0.3, 0.4) is 0 Å². The first-order chi connectivity index (χ1) is 7.34. The van der Waals surface area contributed by atoms with Crippen molar-refractivity contribution in [2.75, 3.05) is 0 Å². The van der Waals surface area contributed by atoms with Crippen LogP contribution in [0.2, 0.25) is 0 Å². The fourth-order valence-corrected chi connectivity index (χ4v) is 2.13. The summed E-state index contributed by atoms with van der Waals surface area (Å²) in [5, 5.41) is 9.50. The molecule has 1 nitrogen and oxygen atoms in total. The molecule has 1 aromatic rings. The Morgan fingerprint density at radius 1 is 1.13 bits per heavy atom. The summed E-state index contributed by atoms with van der Waals surface area (Å²) in [7, 11) is 0. The van der Waals surface area contributed by atoms with Crippen LogP contribution >= 0.6 is 0 Å². The molecule has 1 unspecified atom stereocenters. The molecule has 1 heteroatoms. The number of benzene rings is 1. The number of hydrogen-bond acceptors (Lipinski definition) is 1. The lowest BCUT2D eigenvalue weighted by molar-refractivity contribution is 0.201. The van der Waals surface area contributed by atoms with Crippen molar-refractivity contribution in [3.63, 3.8) is 0 Å². The summed E-state index contributed by atoms with van der Waals surface area (Å²) in [6.45, 7) is 0. The normalized spacial score (nSPS) is 21.1. The van der Waals surface area contributed by atoms with Crippen molar-refractivity contribution in [3.8, 4) is 0 Å². The van der Waals surface area contributed by atoms with Crippen molar-refractivity contribution in [2.24, 2.45) is 0 Å². The van der Waals surface area contributed by atoms with Crippen molar-refractivity contribution >= 4 is 0 Å². The van der Waals surface area contributed by atoms with Crippen LogP contribution in [-0.4, -0.2) is 11.2 Å². The summed E-state index contributed by atoms with van der Waals surface area (Å²) in [6, 6.07) is 10.5. The molecule has 0 aromatic heterocycles. The maximum atomic E-state index is 9.50. The Kier molecular flexibility index (Phi) is 3.57. The zero-order valence-electron chi connectivity index (χ0n) is 9.02. The molecule has 15 heavy (non-hydrogen) atoms. The lowest BCUT2D eigenvalue weighted by Crippen LogP contribution is -2.09. The smallest absolute Gasteiger partial charge is 0.0723 e. The van der Waals surface area contributed by atoms with Gasteiger partial charge < -0.3 is 5.11 Å². The highest BCUT2D eigenvalue weighted by Crippen LogP contribution is 2.22. The summed E-state index contributed by atoms with van der Waals surface area (Å²) >= 11 is 0. The Balaban J connectivity index is 1.88. The monoisotopic (exact) mass is 202 g/mol.